The molecular weight excluding hydrogens is 364 g/mol. The van der Waals surface area contributed by atoms with Crippen LogP contribution in [-0.4, -0.2) is 29.4 Å². The summed E-state index contributed by atoms with van der Waals surface area (Å²) in [7, 11) is -3.77. The van der Waals surface area contributed by atoms with Gasteiger partial charge >= 0.3 is 0 Å². The standard InChI is InChI=1S/C17H15F2N3O3S/c1-8(2)26(24,25)14-7-10(6-13-15(14)22-17(20)21-13)16(23)9-3-4-11(18)12(19)5-9/h3-8H,1-2H3,(H3,20,21,22). The number of H-pyrrole nitrogens is 1. The van der Waals surface area contributed by atoms with E-state index in [1.807, 2.05) is 0 Å². The van der Waals surface area contributed by atoms with Crippen LogP contribution in [0.4, 0.5) is 14.7 Å². The molecule has 3 aromatic rings. The summed E-state index contributed by atoms with van der Waals surface area (Å²) in [4.78, 5) is 19.2. The van der Waals surface area contributed by atoms with Crippen molar-refractivity contribution in [1.29, 1.82) is 0 Å². The number of rotatable bonds is 4. The third-order valence-corrected chi connectivity index (χ3v) is 6.11. The van der Waals surface area contributed by atoms with Gasteiger partial charge in [-0.2, -0.15) is 0 Å². The van der Waals surface area contributed by atoms with Gasteiger partial charge in [-0.25, -0.2) is 22.2 Å². The lowest BCUT2D eigenvalue weighted by molar-refractivity contribution is 0.103. The van der Waals surface area contributed by atoms with E-state index in [0.29, 0.717) is 0 Å². The molecule has 26 heavy (non-hydrogen) atoms. The molecule has 0 atom stereocenters. The zero-order valence-electron chi connectivity index (χ0n) is 13.9. The number of nitrogens with zero attached hydrogens (tertiary/aromatic N) is 1. The monoisotopic (exact) mass is 379 g/mol. The quantitative estimate of drug-likeness (QED) is 0.678. The molecule has 0 aliphatic heterocycles. The first kappa shape index (κ1) is 18.0. The topological polar surface area (TPSA) is 106 Å². The molecule has 0 fully saturated rings. The summed E-state index contributed by atoms with van der Waals surface area (Å²) in [5.41, 5.74) is 5.88. The lowest BCUT2D eigenvalue weighted by Crippen LogP contribution is -2.15. The second-order valence-electron chi connectivity index (χ2n) is 6.04. The first-order valence-electron chi connectivity index (χ1n) is 7.64. The highest BCUT2D eigenvalue weighted by atomic mass is 32.2. The number of halogens is 2. The van der Waals surface area contributed by atoms with Crippen LogP contribution in [0.5, 0.6) is 0 Å². The fraction of sp³-hybridized carbons (Fsp3) is 0.176. The van der Waals surface area contributed by atoms with Crippen molar-refractivity contribution in [2.24, 2.45) is 0 Å². The van der Waals surface area contributed by atoms with Crippen LogP contribution in [0.3, 0.4) is 0 Å². The molecule has 0 saturated carbocycles. The van der Waals surface area contributed by atoms with E-state index in [1.165, 1.54) is 26.0 Å². The molecule has 0 saturated heterocycles. The molecule has 9 heteroatoms. The van der Waals surface area contributed by atoms with Crippen LogP contribution >= 0.6 is 0 Å². The van der Waals surface area contributed by atoms with E-state index in [-0.39, 0.29) is 33.0 Å². The molecule has 0 bridgehead atoms. The molecule has 6 nitrogen and oxygen atoms in total. The van der Waals surface area contributed by atoms with Gasteiger partial charge in [0.25, 0.3) is 0 Å². The molecule has 0 unspecified atom stereocenters. The smallest absolute Gasteiger partial charge is 0.198 e. The molecule has 0 aliphatic rings. The normalized spacial score (nSPS) is 12.0. The Kier molecular flexibility index (Phi) is 4.27. The fourth-order valence-corrected chi connectivity index (χ4v) is 3.73. The highest BCUT2D eigenvalue weighted by Gasteiger charge is 2.26. The average Bonchev–Trinajstić information content (AvgIpc) is 2.95. The maximum Gasteiger partial charge on any atom is 0.198 e. The summed E-state index contributed by atoms with van der Waals surface area (Å²) in [6.07, 6.45) is 0. The minimum Gasteiger partial charge on any atom is -0.369 e. The molecule has 1 heterocycles. The number of ketones is 1. The van der Waals surface area contributed by atoms with Crippen molar-refractivity contribution in [2.75, 3.05) is 5.73 Å². The van der Waals surface area contributed by atoms with Gasteiger partial charge in [0.15, 0.2) is 33.2 Å². The third kappa shape index (κ3) is 2.94. The predicted molar refractivity (Wildman–Crippen MR) is 92.6 cm³/mol. The van der Waals surface area contributed by atoms with E-state index >= 15 is 0 Å². The molecule has 3 N–H and O–H groups in total. The van der Waals surface area contributed by atoms with Crippen LogP contribution in [0.25, 0.3) is 11.0 Å². The highest BCUT2D eigenvalue weighted by molar-refractivity contribution is 7.92. The van der Waals surface area contributed by atoms with Gasteiger partial charge in [0, 0.05) is 11.1 Å². The number of aromatic nitrogens is 2. The van der Waals surface area contributed by atoms with E-state index < -0.39 is 32.5 Å². The number of fused-ring (bicyclic) bond motifs is 1. The molecule has 0 aliphatic carbocycles. The van der Waals surface area contributed by atoms with Gasteiger partial charge in [0.05, 0.1) is 15.7 Å². The summed E-state index contributed by atoms with van der Waals surface area (Å²) in [6.45, 7) is 3.00. The summed E-state index contributed by atoms with van der Waals surface area (Å²) in [5.74, 6) is -2.91. The first-order valence-corrected chi connectivity index (χ1v) is 9.18. The number of carbonyl (C=O) groups is 1. The molecule has 1 aromatic heterocycles. The van der Waals surface area contributed by atoms with Crippen molar-refractivity contribution in [3.05, 3.63) is 53.1 Å². The van der Waals surface area contributed by atoms with Crippen LogP contribution in [0, 0.1) is 11.6 Å². The second-order valence-corrected chi connectivity index (χ2v) is 8.52. The van der Waals surface area contributed by atoms with Gasteiger partial charge in [0.1, 0.15) is 5.52 Å². The number of carbonyl (C=O) groups excluding carboxylic acids is 1. The van der Waals surface area contributed by atoms with Crippen LogP contribution < -0.4 is 5.73 Å². The third-order valence-electron chi connectivity index (χ3n) is 3.94. The van der Waals surface area contributed by atoms with Gasteiger partial charge in [-0.3, -0.25) is 4.79 Å². The van der Waals surface area contributed by atoms with E-state index in [4.69, 9.17) is 5.73 Å². The molecule has 2 aromatic carbocycles. The molecule has 0 spiro atoms. The second kappa shape index (κ2) is 6.17. The Morgan fingerprint density at radius 2 is 1.81 bits per heavy atom. The SMILES string of the molecule is CC(C)S(=O)(=O)c1cc(C(=O)c2ccc(F)c(F)c2)cc2[nH]c(N)nc12. The van der Waals surface area contributed by atoms with Crippen molar-refractivity contribution in [3.63, 3.8) is 0 Å². The van der Waals surface area contributed by atoms with Crippen LogP contribution in [0.1, 0.15) is 29.8 Å². The van der Waals surface area contributed by atoms with Crippen LogP contribution in [-0.2, 0) is 9.84 Å². The maximum atomic E-state index is 13.4. The number of benzene rings is 2. The predicted octanol–water partition coefficient (Wildman–Crippen LogP) is 2.84. The molecule has 3 rings (SSSR count). The summed E-state index contributed by atoms with van der Waals surface area (Å²) >= 11 is 0. The van der Waals surface area contributed by atoms with Crippen molar-refractivity contribution < 1.29 is 22.0 Å². The maximum absolute atomic E-state index is 13.4. The van der Waals surface area contributed by atoms with Gasteiger partial charge < -0.3 is 10.7 Å². The number of nitrogen functional groups attached to an aromatic ring is 1. The Morgan fingerprint density at radius 1 is 1.12 bits per heavy atom. The van der Waals surface area contributed by atoms with E-state index in [1.54, 1.807) is 0 Å². The molecule has 0 amide bonds. The lowest BCUT2D eigenvalue weighted by atomic mass is 10.0. The lowest BCUT2D eigenvalue weighted by Gasteiger charge is -2.10. The Morgan fingerprint density at radius 3 is 2.42 bits per heavy atom. The van der Waals surface area contributed by atoms with Crippen molar-refractivity contribution in [3.8, 4) is 0 Å². The zero-order chi connectivity index (χ0) is 19.2. The number of anilines is 1. The van der Waals surface area contributed by atoms with Gasteiger partial charge in [0.2, 0.25) is 0 Å². The fourth-order valence-electron chi connectivity index (χ4n) is 2.51. The highest BCUT2D eigenvalue weighted by Crippen LogP contribution is 2.28. The zero-order valence-corrected chi connectivity index (χ0v) is 14.7. The molecule has 136 valence electrons. The summed E-state index contributed by atoms with van der Waals surface area (Å²) in [6, 6.07) is 5.28. The number of aromatic amines is 1. The Bertz CT molecular complexity index is 1140. The minimum atomic E-state index is -3.77. The largest absolute Gasteiger partial charge is 0.369 e. The number of hydrogen-bond donors (Lipinski definition) is 2. The van der Waals surface area contributed by atoms with E-state index in [0.717, 1.165) is 18.2 Å². The van der Waals surface area contributed by atoms with Crippen molar-refractivity contribution in [2.45, 2.75) is 24.0 Å². The van der Waals surface area contributed by atoms with Crippen LogP contribution in [0.2, 0.25) is 0 Å². The number of hydrogen-bond acceptors (Lipinski definition) is 5. The van der Waals surface area contributed by atoms with Crippen molar-refractivity contribution in [1.82, 2.24) is 9.97 Å². The van der Waals surface area contributed by atoms with Gasteiger partial charge in [-0.05, 0) is 44.2 Å². The number of nitrogens with two attached hydrogens (primary N) is 1. The number of nitrogens with one attached hydrogen (secondary N) is 1. The van der Waals surface area contributed by atoms with E-state index in [2.05, 4.69) is 9.97 Å². The Labute approximate surface area is 148 Å². The average molecular weight is 379 g/mol. The van der Waals surface area contributed by atoms with Gasteiger partial charge in [-0.15, -0.1) is 0 Å². The van der Waals surface area contributed by atoms with E-state index in [9.17, 15) is 22.0 Å². The Balaban J connectivity index is 2.24. The Hall–Kier alpha value is -2.81. The molecular formula is C17H15F2N3O3S. The van der Waals surface area contributed by atoms with Crippen LogP contribution in [0.15, 0.2) is 35.2 Å². The van der Waals surface area contributed by atoms with Crippen molar-refractivity contribution >= 4 is 32.6 Å². The molecule has 0 radical (unpaired) electrons. The number of imidazole rings is 1. The van der Waals surface area contributed by atoms with Gasteiger partial charge in [-0.1, -0.05) is 0 Å². The first-order chi connectivity index (χ1) is 12.1. The number of sulfone groups is 1. The summed E-state index contributed by atoms with van der Waals surface area (Å²) in [5, 5.41) is -0.753. The minimum absolute atomic E-state index is 0.00219. The summed E-state index contributed by atoms with van der Waals surface area (Å²) < 4.78 is 51.8.